The van der Waals surface area contributed by atoms with Crippen LogP contribution in [0.1, 0.15) is 97.3 Å². The van der Waals surface area contributed by atoms with E-state index in [1.807, 2.05) is 0 Å². The highest BCUT2D eigenvalue weighted by Crippen LogP contribution is 2.15. The van der Waals surface area contributed by atoms with Crippen LogP contribution in [0, 0.1) is 5.92 Å². The first kappa shape index (κ1) is 20.2. The number of unbranched alkanes of at least 4 members (excludes halogenated alkanes) is 7. The van der Waals surface area contributed by atoms with Gasteiger partial charge in [0.05, 0.1) is 0 Å². The number of hydrogen-bond donors (Lipinski definition) is 1. The minimum absolute atomic E-state index is 0.324. The molecule has 1 N–H and O–H groups in total. The third-order valence-electron chi connectivity index (χ3n) is 4.05. The Morgan fingerprint density at radius 3 is 2.29 bits per heavy atom. The van der Waals surface area contributed by atoms with Crippen molar-refractivity contribution in [2.24, 2.45) is 5.92 Å². The van der Waals surface area contributed by atoms with E-state index in [-0.39, 0.29) is 0 Å². The van der Waals surface area contributed by atoms with Crippen LogP contribution < -0.4 is 0 Å². The van der Waals surface area contributed by atoms with E-state index in [0.29, 0.717) is 6.42 Å². The van der Waals surface area contributed by atoms with Gasteiger partial charge in [0, 0.05) is 6.42 Å². The summed E-state index contributed by atoms with van der Waals surface area (Å²) in [6, 6.07) is 0. The number of carboxylic acids is 1. The minimum Gasteiger partial charge on any atom is -0.481 e. The van der Waals surface area contributed by atoms with E-state index < -0.39 is 5.97 Å². The Bertz CT molecular complexity index is 258. The molecule has 0 spiro atoms. The van der Waals surface area contributed by atoms with Crippen LogP contribution >= 0.6 is 0 Å². The number of carbonyl (C=O) groups is 1. The standard InChI is InChI=1S/C19H36O2/c1-3-4-5-6-7-8-9-10-11-12-15-18(2)16-13-14-17-19(20)21/h10-11,18H,3-9,12-17H2,1-2H3,(H,20,21)/b11-10-. The fourth-order valence-electron chi connectivity index (χ4n) is 2.57. The van der Waals surface area contributed by atoms with E-state index in [1.165, 1.54) is 64.2 Å². The third-order valence-corrected chi connectivity index (χ3v) is 4.05. The first-order chi connectivity index (χ1) is 10.2. The van der Waals surface area contributed by atoms with Crippen molar-refractivity contribution in [1.82, 2.24) is 0 Å². The Labute approximate surface area is 132 Å². The summed E-state index contributed by atoms with van der Waals surface area (Å²) in [6.45, 7) is 4.54. The van der Waals surface area contributed by atoms with E-state index in [2.05, 4.69) is 26.0 Å². The third kappa shape index (κ3) is 17.2. The van der Waals surface area contributed by atoms with Gasteiger partial charge in [-0.1, -0.05) is 70.9 Å². The van der Waals surface area contributed by atoms with Crippen molar-refractivity contribution >= 4 is 5.97 Å². The molecule has 0 fully saturated rings. The van der Waals surface area contributed by atoms with Crippen LogP contribution in [0.3, 0.4) is 0 Å². The maximum Gasteiger partial charge on any atom is 0.303 e. The summed E-state index contributed by atoms with van der Waals surface area (Å²) < 4.78 is 0. The average Bonchev–Trinajstić information content (AvgIpc) is 2.45. The van der Waals surface area contributed by atoms with Gasteiger partial charge < -0.3 is 5.11 Å². The second kappa shape index (κ2) is 15.6. The van der Waals surface area contributed by atoms with Crippen molar-refractivity contribution < 1.29 is 9.90 Å². The summed E-state index contributed by atoms with van der Waals surface area (Å²) in [5.41, 5.74) is 0. The number of hydrogen-bond acceptors (Lipinski definition) is 1. The van der Waals surface area contributed by atoms with Crippen LogP contribution in [-0.4, -0.2) is 11.1 Å². The first-order valence-electron chi connectivity index (χ1n) is 9.03. The van der Waals surface area contributed by atoms with Gasteiger partial charge in [0.15, 0.2) is 0 Å². The monoisotopic (exact) mass is 296 g/mol. The number of allylic oxidation sites excluding steroid dienone is 2. The lowest BCUT2D eigenvalue weighted by Crippen LogP contribution is -1.97. The maximum atomic E-state index is 10.4. The quantitative estimate of drug-likeness (QED) is 0.282. The predicted molar refractivity (Wildman–Crippen MR) is 91.6 cm³/mol. The molecule has 0 aliphatic heterocycles. The van der Waals surface area contributed by atoms with Crippen molar-refractivity contribution in [3.63, 3.8) is 0 Å². The Morgan fingerprint density at radius 2 is 1.57 bits per heavy atom. The Balaban J connectivity index is 3.27. The summed E-state index contributed by atoms with van der Waals surface area (Å²) in [4.78, 5) is 10.4. The number of aliphatic carboxylic acids is 1. The lowest BCUT2D eigenvalue weighted by atomic mass is 9.98. The van der Waals surface area contributed by atoms with Crippen molar-refractivity contribution in [1.29, 1.82) is 0 Å². The summed E-state index contributed by atoms with van der Waals surface area (Å²) in [5, 5.41) is 8.57. The molecule has 21 heavy (non-hydrogen) atoms. The van der Waals surface area contributed by atoms with Crippen molar-refractivity contribution in [2.45, 2.75) is 97.3 Å². The van der Waals surface area contributed by atoms with E-state index in [4.69, 9.17) is 5.11 Å². The molecule has 1 unspecified atom stereocenters. The van der Waals surface area contributed by atoms with Gasteiger partial charge in [-0.3, -0.25) is 4.79 Å². The molecule has 0 heterocycles. The summed E-state index contributed by atoms with van der Waals surface area (Å²) in [7, 11) is 0. The largest absolute Gasteiger partial charge is 0.481 e. The summed E-state index contributed by atoms with van der Waals surface area (Å²) >= 11 is 0. The van der Waals surface area contributed by atoms with E-state index >= 15 is 0 Å². The van der Waals surface area contributed by atoms with Crippen LogP contribution in [0.4, 0.5) is 0 Å². The normalized spacial score (nSPS) is 12.9. The summed E-state index contributed by atoms with van der Waals surface area (Å²) in [6.07, 6.45) is 19.9. The van der Waals surface area contributed by atoms with Gasteiger partial charge in [0.1, 0.15) is 0 Å². The average molecular weight is 296 g/mol. The van der Waals surface area contributed by atoms with Gasteiger partial charge in [-0.2, -0.15) is 0 Å². The topological polar surface area (TPSA) is 37.3 Å². The number of carboxylic acid groups (broad SMARTS) is 1. The molecule has 0 aromatic rings. The fraction of sp³-hybridized carbons (Fsp3) is 0.842. The van der Waals surface area contributed by atoms with Crippen LogP contribution in [0.2, 0.25) is 0 Å². The van der Waals surface area contributed by atoms with E-state index in [1.54, 1.807) is 0 Å². The molecule has 0 aliphatic carbocycles. The van der Waals surface area contributed by atoms with Crippen molar-refractivity contribution in [3.8, 4) is 0 Å². The van der Waals surface area contributed by atoms with Crippen molar-refractivity contribution in [3.05, 3.63) is 12.2 Å². The van der Waals surface area contributed by atoms with E-state index in [9.17, 15) is 4.79 Å². The highest BCUT2D eigenvalue weighted by molar-refractivity contribution is 5.66. The maximum absolute atomic E-state index is 10.4. The lowest BCUT2D eigenvalue weighted by molar-refractivity contribution is -0.137. The minimum atomic E-state index is -0.666. The molecule has 2 nitrogen and oxygen atoms in total. The fourth-order valence-corrected chi connectivity index (χ4v) is 2.57. The van der Waals surface area contributed by atoms with Gasteiger partial charge in [-0.15, -0.1) is 0 Å². The highest BCUT2D eigenvalue weighted by Gasteiger charge is 2.02. The second-order valence-corrected chi connectivity index (χ2v) is 6.35. The molecule has 0 aromatic carbocycles. The zero-order valence-corrected chi connectivity index (χ0v) is 14.3. The molecule has 1 atom stereocenters. The second-order valence-electron chi connectivity index (χ2n) is 6.35. The molecule has 2 heteroatoms. The number of rotatable bonds is 15. The molecule has 0 bridgehead atoms. The molecule has 0 radical (unpaired) electrons. The highest BCUT2D eigenvalue weighted by atomic mass is 16.4. The molecule has 0 saturated carbocycles. The van der Waals surface area contributed by atoms with Gasteiger partial charge >= 0.3 is 5.97 Å². The molecular weight excluding hydrogens is 260 g/mol. The van der Waals surface area contributed by atoms with Gasteiger partial charge in [-0.05, 0) is 38.0 Å². The van der Waals surface area contributed by atoms with Gasteiger partial charge in [0.2, 0.25) is 0 Å². The van der Waals surface area contributed by atoms with Gasteiger partial charge in [0.25, 0.3) is 0 Å². The van der Waals surface area contributed by atoms with Crippen LogP contribution in [0.15, 0.2) is 12.2 Å². The van der Waals surface area contributed by atoms with E-state index in [0.717, 1.165) is 18.8 Å². The van der Waals surface area contributed by atoms with Crippen LogP contribution in [-0.2, 0) is 4.79 Å². The Hall–Kier alpha value is -0.790. The first-order valence-corrected chi connectivity index (χ1v) is 9.03. The van der Waals surface area contributed by atoms with Crippen molar-refractivity contribution in [2.75, 3.05) is 0 Å². The molecule has 124 valence electrons. The smallest absolute Gasteiger partial charge is 0.303 e. The zero-order valence-electron chi connectivity index (χ0n) is 14.3. The van der Waals surface area contributed by atoms with Gasteiger partial charge in [-0.25, -0.2) is 0 Å². The molecule has 0 rings (SSSR count). The lowest BCUT2D eigenvalue weighted by Gasteiger charge is -2.08. The van der Waals surface area contributed by atoms with Crippen LogP contribution in [0.5, 0.6) is 0 Å². The molecule has 0 saturated heterocycles. The Kier molecular flexibility index (Phi) is 15.0. The molecule has 0 amide bonds. The summed E-state index contributed by atoms with van der Waals surface area (Å²) in [5.74, 6) is 0.0535. The zero-order chi connectivity index (χ0) is 15.8. The Morgan fingerprint density at radius 1 is 0.905 bits per heavy atom. The molecular formula is C19H36O2. The van der Waals surface area contributed by atoms with Crippen LogP contribution in [0.25, 0.3) is 0 Å². The predicted octanol–water partition coefficient (Wildman–Crippen LogP) is 6.35. The molecule has 0 aliphatic rings. The molecule has 0 aromatic heterocycles. The SMILES string of the molecule is CCCCCCCC/C=C\CCC(C)CCCCC(=O)O.